The summed E-state index contributed by atoms with van der Waals surface area (Å²) in [6, 6.07) is 4.61. The standard InChI is InChI=1S/C16H24N4O4.ClH/c1-17-12-4-3-8-19(11-12)9-7-16(21)18-14-10-13(20(22)23)5-6-15(14)24-2;/h5-6,10,12,17H,3-4,7-9,11H2,1-2H3,(H,18,21);1H. The van der Waals surface area contributed by atoms with E-state index >= 15 is 0 Å². The number of rotatable bonds is 7. The topological polar surface area (TPSA) is 96.7 Å². The van der Waals surface area contributed by atoms with Gasteiger partial charge in [0.25, 0.3) is 5.69 Å². The predicted octanol–water partition coefficient (Wildman–Crippen LogP) is 2.04. The van der Waals surface area contributed by atoms with E-state index in [1.807, 2.05) is 7.05 Å². The summed E-state index contributed by atoms with van der Waals surface area (Å²) < 4.78 is 5.15. The van der Waals surface area contributed by atoms with Crippen LogP contribution in [0.5, 0.6) is 5.75 Å². The lowest BCUT2D eigenvalue weighted by Crippen LogP contribution is -2.45. The third-order valence-electron chi connectivity index (χ3n) is 4.24. The van der Waals surface area contributed by atoms with Gasteiger partial charge in [-0.2, -0.15) is 0 Å². The fourth-order valence-electron chi connectivity index (χ4n) is 2.87. The summed E-state index contributed by atoms with van der Waals surface area (Å²) in [7, 11) is 3.41. The van der Waals surface area contributed by atoms with Crippen molar-refractivity contribution >= 4 is 29.7 Å². The van der Waals surface area contributed by atoms with Gasteiger partial charge in [-0.25, -0.2) is 0 Å². The van der Waals surface area contributed by atoms with Gasteiger partial charge in [0.05, 0.1) is 17.7 Å². The molecule has 0 radical (unpaired) electrons. The molecular formula is C16H25ClN4O4. The highest BCUT2D eigenvalue weighted by molar-refractivity contribution is 5.92. The minimum atomic E-state index is -0.499. The average Bonchev–Trinajstić information content (AvgIpc) is 2.60. The van der Waals surface area contributed by atoms with E-state index in [1.165, 1.54) is 25.3 Å². The van der Waals surface area contributed by atoms with Gasteiger partial charge < -0.3 is 20.3 Å². The van der Waals surface area contributed by atoms with Crippen LogP contribution in [0.15, 0.2) is 18.2 Å². The molecule has 1 unspecified atom stereocenters. The zero-order valence-corrected chi connectivity index (χ0v) is 15.3. The fourth-order valence-corrected chi connectivity index (χ4v) is 2.87. The second-order valence-electron chi connectivity index (χ2n) is 5.87. The van der Waals surface area contributed by atoms with Gasteiger partial charge in [-0.1, -0.05) is 0 Å². The Morgan fingerprint density at radius 2 is 2.24 bits per heavy atom. The Bertz CT molecular complexity index is 599. The zero-order chi connectivity index (χ0) is 17.5. The van der Waals surface area contributed by atoms with Gasteiger partial charge in [0.1, 0.15) is 5.75 Å². The first kappa shape index (κ1) is 21.1. The number of nitrogens with zero attached hydrogens (tertiary/aromatic N) is 2. The second-order valence-corrected chi connectivity index (χ2v) is 5.87. The Hall–Kier alpha value is -1.90. The molecule has 1 saturated heterocycles. The van der Waals surface area contributed by atoms with Gasteiger partial charge in [-0.05, 0) is 32.5 Å². The van der Waals surface area contributed by atoms with E-state index in [4.69, 9.17) is 4.74 Å². The number of hydrogen-bond donors (Lipinski definition) is 2. The quantitative estimate of drug-likeness (QED) is 0.561. The number of likely N-dealkylation sites (N-methyl/N-ethyl adjacent to an activating group) is 1. The number of carbonyl (C=O) groups excluding carboxylic acids is 1. The van der Waals surface area contributed by atoms with Crippen molar-refractivity contribution in [3.8, 4) is 5.75 Å². The number of likely N-dealkylation sites (tertiary alicyclic amines) is 1. The molecule has 1 aromatic carbocycles. The second kappa shape index (κ2) is 10.2. The number of nitro groups is 1. The molecule has 1 aliphatic heterocycles. The maximum atomic E-state index is 12.2. The minimum Gasteiger partial charge on any atom is -0.495 e. The fraction of sp³-hybridized carbons (Fsp3) is 0.562. The van der Waals surface area contributed by atoms with E-state index in [2.05, 4.69) is 15.5 Å². The zero-order valence-electron chi connectivity index (χ0n) is 14.5. The van der Waals surface area contributed by atoms with Crippen LogP contribution >= 0.6 is 12.4 Å². The van der Waals surface area contributed by atoms with Crippen LogP contribution in [0, 0.1) is 10.1 Å². The highest BCUT2D eigenvalue weighted by Crippen LogP contribution is 2.28. The number of nitro benzene ring substituents is 1. The Morgan fingerprint density at radius 3 is 2.88 bits per heavy atom. The lowest BCUT2D eigenvalue weighted by atomic mass is 10.1. The van der Waals surface area contributed by atoms with Crippen molar-refractivity contribution in [3.63, 3.8) is 0 Å². The molecule has 0 bridgehead atoms. The summed E-state index contributed by atoms with van der Waals surface area (Å²) in [5.41, 5.74) is 0.238. The van der Waals surface area contributed by atoms with Crippen LogP contribution in [-0.2, 0) is 4.79 Å². The van der Waals surface area contributed by atoms with Gasteiger partial charge in [0.2, 0.25) is 5.91 Å². The van der Waals surface area contributed by atoms with Crippen LogP contribution in [0.2, 0.25) is 0 Å². The van der Waals surface area contributed by atoms with E-state index < -0.39 is 4.92 Å². The van der Waals surface area contributed by atoms with E-state index in [1.54, 1.807) is 0 Å². The number of methoxy groups -OCH3 is 1. The molecule has 1 aliphatic rings. The first-order valence-electron chi connectivity index (χ1n) is 8.05. The van der Waals surface area contributed by atoms with Crippen LogP contribution in [-0.4, -0.2) is 55.6 Å². The molecule has 8 nitrogen and oxygen atoms in total. The first-order chi connectivity index (χ1) is 11.5. The van der Waals surface area contributed by atoms with Crippen LogP contribution in [0.4, 0.5) is 11.4 Å². The number of hydrogen-bond acceptors (Lipinski definition) is 6. The van der Waals surface area contributed by atoms with Crippen molar-refractivity contribution < 1.29 is 14.5 Å². The van der Waals surface area contributed by atoms with Crippen LogP contribution in [0.25, 0.3) is 0 Å². The summed E-state index contributed by atoms with van der Waals surface area (Å²) in [6.07, 6.45) is 2.61. The Morgan fingerprint density at radius 1 is 1.48 bits per heavy atom. The maximum Gasteiger partial charge on any atom is 0.271 e. The number of benzene rings is 1. The molecule has 0 aliphatic carbocycles. The van der Waals surface area contributed by atoms with Crippen LogP contribution < -0.4 is 15.4 Å². The SMILES string of the molecule is CNC1CCCN(CCC(=O)Nc2cc([N+](=O)[O-])ccc2OC)C1.Cl. The number of piperidine rings is 1. The highest BCUT2D eigenvalue weighted by Gasteiger charge is 2.19. The molecule has 1 atom stereocenters. The largest absolute Gasteiger partial charge is 0.495 e. The number of anilines is 1. The number of halogens is 1. The summed E-state index contributed by atoms with van der Waals surface area (Å²) in [6.45, 7) is 2.59. The van der Waals surface area contributed by atoms with Crippen molar-refractivity contribution in [1.29, 1.82) is 0 Å². The molecule has 0 saturated carbocycles. The van der Waals surface area contributed by atoms with Gasteiger partial charge in [0, 0.05) is 37.7 Å². The Kier molecular flexibility index (Phi) is 8.60. The van der Waals surface area contributed by atoms with Gasteiger partial charge >= 0.3 is 0 Å². The molecule has 0 aromatic heterocycles. The van der Waals surface area contributed by atoms with Crippen molar-refractivity contribution in [3.05, 3.63) is 28.3 Å². The van der Waals surface area contributed by atoms with Crippen molar-refractivity contribution in [2.75, 3.05) is 39.1 Å². The molecule has 1 fully saturated rings. The molecule has 1 heterocycles. The van der Waals surface area contributed by atoms with Gasteiger partial charge in [-0.15, -0.1) is 12.4 Å². The summed E-state index contributed by atoms with van der Waals surface area (Å²) in [5.74, 6) is 0.225. The molecule has 140 valence electrons. The smallest absolute Gasteiger partial charge is 0.271 e. The molecule has 0 spiro atoms. The van der Waals surface area contributed by atoms with E-state index in [-0.39, 0.29) is 24.0 Å². The number of amides is 1. The third kappa shape index (κ3) is 6.15. The number of non-ortho nitro benzene ring substituents is 1. The van der Waals surface area contributed by atoms with Crippen LogP contribution in [0.3, 0.4) is 0 Å². The number of nitrogens with one attached hydrogen (secondary N) is 2. The monoisotopic (exact) mass is 372 g/mol. The number of carbonyl (C=O) groups is 1. The van der Waals surface area contributed by atoms with Crippen molar-refractivity contribution in [2.24, 2.45) is 0 Å². The van der Waals surface area contributed by atoms with Crippen LogP contribution in [0.1, 0.15) is 19.3 Å². The molecule has 2 N–H and O–H groups in total. The summed E-state index contributed by atoms with van der Waals surface area (Å²) >= 11 is 0. The minimum absolute atomic E-state index is 0. The predicted molar refractivity (Wildman–Crippen MR) is 98.7 cm³/mol. The Balaban J connectivity index is 0.00000312. The summed E-state index contributed by atoms with van der Waals surface area (Å²) in [4.78, 5) is 24.8. The Labute approximate surface area is 153 Å². The highest BCUT2D eigenvalue weighted by atomic mass is 35.5. The molecule has 2 rings (SSSR count). The van der Waals surface area contributed by atoms with Crippen molar-refractivity contribution in [1.82, 2.24) is 10.2 Å². The third-order valence-corrected chi connectivity index (χ3v) is 4.24. The van der Waals surface area contributed by atoms with E-state index in [0.29, 0.717) is 30.4 Å². The average molecular weight is 373 g/mol. The molecule has 25 heavy (non-hydrogen) atoms. The van der Waals surface area contributed by atoms with Gasteiger partial charge in [0.15, 0.2) is 0 Å². The summed E-state index contributed by atoms with van der Waals surface area (Å²) in [5, 5.41) is 16.9. The van der Waals surface area contributed by atoms with Gasteiger partial charge in [-0.3, -0.25) is 14.9 Å². The normalized spacial score (nSPS) is 17.4. The molecule has 1 aromatic rings. The van der Waals surface area contributed by atoms with E-state index in [9.17, 15) is 14.9 Å². The lowest BCUT2D eigenvalue weighted by Gasteiger charge is -2.32. The maximum absolute atomic E-state index is 12.2. The first-order valence-corrected chi connectivity index (χ1v) is 8.05. The van der Waals surface area contributed by atoms with E-state index in [0.717, 1.165) is 25.9 Å². The molecule has 9 heteroatoms. The number of ether oxygens (including phenoxy) is 1. The molecule has 1 amide bonds. The molecular weight excluding hydrogens is 348 g/mol. The van der Waals surface area contributed by atoms with Crippen molar-refractivity contribution in [2.45, 2.75) is 25.3 Å². The lowest BCUT2D eigenvalue weighted by molar-refractivity contribution is -0.384.